The van der Waals surface area contributed by atoms with Gasteiger partial charge in [0, 0.05) is 21.9 Å². The van der Waals surface area contributed by atoms with E-state index in [9.17, 15) is 4.79 Å². The first kappa shape index (κ1) is 12.9. The minimum absolute atomic E-state index is 0.0602. The van der Waals surface area contributed by atoms with Gasteiger partial charge < -0.3 is 14.7 Å². The summed E-state index contributed by atoms with van der Waals surface area (Å²) in [7, 11) is 0. The van der Waals surface area contributed by atoms with E-state index in [1.165, 1.54) is 0 Å². The lowest BCUT2D eigenvalue weighted by atomic mass is 10.3. The average Bonchev–Trinajstić information content (AvgIpc) is 2.76. The topological polar surface area (TPSA) is 74.1 Å². The summed E-state index contributed by atoms with van der Waals surface area (Å²) >= 11 is 3.38. The highest BCUT2D eigenvalue weighted by Gasteiger charge is 2.09. The zero-order valence-electron chi connectivity index (χ0n) is 10.8. The van der Waals surface area contributed by atoms with Crippen LogP contribution in [-0.2, 0) is 6.54 Å². The van der Waals surface area contributed by atoms with Crippen molar-refractivity contribution in [1.82, 2.24) is 9.55 Å². The third kappa shape index (κ3) is 2.34. The number of hydrogen-bond donors (Lipinski definition) is 1. The molecule has 0 bridgehead atoms. The second-order valence-corrected chi connectivity index (χ2v) is 5.52. The zero-order valence-corrected chi connectivity index (χ0v) is 12.3. The van der Waals surface area contributed by atoms with E-state index < -0.39 is 0 Å². The number of aromatic nitrogens is 2. The maximum atomic E-state index is 12.0. The Labute approximate surface area is 123 Å². The van der Waals surface area contributed by atoms with E-state index in [0.29, 0.717) is 28.2 Å². The van der Waals surface area contributed by atoms with Crippen molar-refractivity contribution in [3.8, 4) is 0 Å². The molecular weight excluding hydrogens is 322 g/mol. The van der Waals surface area contributed by atoms with Crippen molar-refractivity contribution in [3.63, 3.8) is 0 Å². The molecular formula is C14H12BrN3O2. The van der Waals surface area contributed by atoms with Crippen LogP contribution in [0.4, 0.5) is 5.69 Å². The van der Waals surface area contributed by atoms with E-state index in [2.05, 4.69) is 20.9 Å². The molecule has 0 saturated heterocycles. The highest BCUT2D eigenvalue weighted by Crippen LogP contribution is 2.19. The van der Waals surface area contributed by atoms with Crippen LogP contribution in [0.25, 0.3) is 11.1 Å². The molecule has 0 fully saturated rings. The zero-order chi connectivity index (χ0) is 14.3. The Morgan fingerprint density at radius 2 is 2.20 bits per heavy atom. The fourth-order valence-electron chi connectivity index (χ4n) is 2.06. The number of nitrogens with two attached hydrogens (primary N) is 1. The average molecular weight is 334 g/mol. The van der Waals surface area contributed by atoms with Gasteiger partial charge in [0.2, 0.25) is 5.89 Å². The third-order valence-corrected chi connectivity index (χ3v) is 3.43. The second kappa shape index (κ2) is 4.79. The molecule has 3 rings (SSSR count). The number of oxazole rings is 1. The normalized spacial score (nSPS) is 11.1. The molecule has 0 aliphatic heterocycles. The molecule has 0 spiro atoms. The molecule has 2 aromatic heterocycles. The van der Waals surface area contributed by atoms with Crippen LogP contribution in [0, 0.1) is 6.92 Å². The molecule has 102 valence electrons. The van der Waals surface area contributed by atoms with E-state index in [1.54, 1.807) is 42.0 Å². The predicted molar refractivity (Wildman–Crippen MR) is 80.7 cm³/mol. The molecule has 0 saturated carbocycles. The SMILES string of the molecule is Cc1cc(Br)cn(Cc2nc3cc(N)ccc3o2)c1=O. The first-order valence-electron chi connectivity index (χ1n) is 6.04. The molecule has 1 aromatic carbocycles. The lowest BCUT2D eigenvalue weighted by molar-refractivity contribution is 0.503. The summed E-state index contributed by atoms with van der Waals surface area (Å²) in [4.78, 5) is 16.4. The minimum atomic E-state index is -0.0602. The fraction of sp³-hybridized carbons (Fsp3) is 0.143. The van der Waals surface area contributed by atoms with E-state index in [0.717, 1.165) is 4.47 Å². The van der Waals surface area contributed by atoms with E-state index in [1.807, 2.05) is 0 Å². The van der Waals surface area contributed by atoms with Crippen LogP contribution in [0.1, 0.15) is 11.5 Å². The second-order valence-electron chi connectivity index (χ2n) is 4.61. The number of hydrogen-bond acceptors (Lipinski definition) is 4. The number of rotatable bonds is 2. The van der Waals surface area contributed by atoms with Crippen molar-refractivity contribution in [2.45, 2.75) is 13.5 Å². The Bertz CT molecular complexity index is 851. The molecule has 20 heavy (non-hydrogen) atoms. The maximum Gasteiger partial charge on any atom is 0.253 e. The van der Waals surface area contributed by atoms with Gasteiger partial charge in [-0.3, -0.25) is 4.79 Å². The van der Waals surface area contributed by atoms with Gasteiger partial charge in [-0.1, -0.05) is 0 Å². The van der Waals surface area contributed by atoms with Crippen LogP contribution in [-0.4, -0.2) is 9.55 Å². The van der Waals surface area contributed by atoms with E-state index in [4.69, 9.17) is 10.2 Å². The van der Waals surface area contributed by atoms with Gasteiger partial charge in [-0.2, -0.15) is 0 Å². The van der Waals surface area contributed by atoms with Gasteiger partial charge in [0.25, 0.3) is 5.56 Å². The van der Waals surface area contributed by atoms with Crippen molar-refractivity contribution < 1.29 is 4.42 Å². The highest BCUT2D eigenvalue weighted by atomic mass is 79.9. The van der Waals surface area contributed by atoms with Crippen LogP contribution in [0.15, 0.2) is 44.1 Å². The van der Waals surface area contributed by atoms with E-state index >= 15 is 0 Å². The first-order valence-corrected chi connectivity index (χ1v) is 6.84. The van der Waals surface area contributed by atoms with Crippen molar-refractivity contribution in [3.05, 3.63) is 56.7 Å². The molecule has 5 nitrogen and oxygen atoms in total. The Hall–Kier alpha value is -2.08. The summed E-state index contributed by atoms with van der Waals surface area (Å²) in [5, 5.41) is 0. The minimum Gasteiger partial charge on any atom is -0.439 e. The lowest BCUT2D eigenvalue weighted by Crippen LogP contribution is -2.22. The van der Waals surface area contributed by atoms with Crippen molar-refractivity contribution in [2.75, 3.05) is 5.73 Å². The number of anilines is 1. The Morgan fingerprint density at radius 3 is 3.00 bits per heavy atom. The third-order valence-electron chi connectivity index (χ3n) is 2.99. The van der Waals surface area contributed by atoms with Crippen LogP contribution >= 0.6 is 15.9 Å². The monoisotopic (exact) mass is 333 g/mol. The summed E-state index contributed by atoms with van der Waals surface area (Å²) < 4.78 is 8.03. The first-order chi connectivity index (χ1) is 9.52. The molecule has 3 aromatic rings. The molecule has 2 heterocycles. The highest BCUT2D eigenvalue weighted by molar-refractivity contribution is 9.10. The van der Waals surface area contributed by atoms with Crippen molar-refractivity contribution in [1.29, 1.82) is 0 Å². The van der Waals surface area contributed by atoms with Gasteiger partial charge in [0.15, 0.2) is 5.58 Å². The van der Waals surface area contributed by atoms with Gasteiger partial charge in [-0.15, -0.1) is 0 Å². The molecule has 0 amide bonds. The predicted octanol–water partition coefficient (Wildman–Crippen LogP) is 2.69. The number of pyridine rings is 1. The molecule has 2 N–H and O–H groups in total. The summed E-state index contributed by atoms with van der Waals surface area (Å²) in [5.41, 5.74) is 8.30. The number of aryl methyl sites for hydroxylation is 1. The Kier molecular flexibility index (Phi) is 3.10. The Balaban J connectivity index is 2.03. The standard InChI is InChI=1S/C14H12BrN3O2/c1-8-4-9(15)6-18(14(8)19)7-13-17-11-5-10(16)2-3-12(11)20-13/h2-6H,7,16H2,1H3. The number of benzene rings is 1. The smallest absolute Gasteiger partial charge is 0.253 e. The molecule has 6 heteroatoms. The number of nitrogens with zero attached hydrogens (tertiary/aromatic N) is 2. The molecule has 0 aliphatic carbocycles. The van der Waals surface area contributed by atoms with Crippen LogP contribution in [0.2, 0.25) is 0 Å². The van der Waals surface area contributed by atoms with Crippen LogP contribution in [0.3, 0.4) is 0 Å². The maximum absolute atomic E-state index is 12.0. The summed E-state index contributed by atoms with van der Waals surface area (Å²) in [6.07, 6.45) is 1.72. The molecule has 0 aliphatic rings. The van der Waals surface area contributed by atoms with Gasteiger partial charge in [-0.25, -0.2) is 4.98 Å². The molecule has 0 radical (unpaired) electrons. The summed E-state index contributed by atoms with van der Waals surface area (Å²) in [6.45, 7) is 2.06. The Morgan fingerprint density at radius 1 is 1.40 bits per heavy atom. The van der Waals surface area contributed by atoms with Crippen molar-refractivity contribution >= 4 is 32.7 Å². The van der Waals surface area contributed by atoms with Gasteiger partial charge >= 0.3 is 0 Å². The number of halogens is 1. The number of nitrogen functional groups attached to an aromatic ring is 1. The van der Waals surface area contributed by atoms with Crippen molar-refractivity contribution in [2.24, 2.45) is 0 Å². The lowest BCUT2D eigenvalue weighted by Gasteiger charge is -2.04. The van der Waals surface area contributed by atoms with Gasteiger partial charge in [0.1, 0.15) is 12.1 Å². The summed E-state index contributed by atoms with van der Waals surface area (Å²) in [5.74, 6) is 0.477. The van der Waals surface area contributed by atoms with Crippen LogP contribution < -0.4 is 11.3 Å². The number of fused-ring (bicyclic) bond motifs is 1. The molecule has 0 unspecified atom stereocenters. The largest absolute Gasteiger partial charge is 0.439 e. The summed E-state index contributed by atoms with van der Waals surface area (Å²) in [6, 6.07) is 7.06. The fourth-order valence-corrected chi connectivity index (χ4v) is 2.65. The van der Waals surface area contributed by atoms with Gasteiger partial charge in [-0.05, 0) is 47.1 Å². The van der Waals surface area contributed by atoms with Gasteiger partial charge in [0.05, 0.1) is 0 Å². The van der Waals surface area contributed by atoms with Crippen LogP contribution in [0.5, 0.6) is 0 Å². The quantitative estimate of drug-likeness (QED) is 0.731. The molecule has 0 atom stereocenters. The van der Waals surface area contributed by atoms with E-state index in [-0.39, 0.29) is 12.1 Å².